The van der Waals surface area contributed by atoms with Crippen molar-refractivity contribution in [1.82, 2.24) is 24.8 Å². The molecule has 0 radical (unpaired) electrons. The summed E-state index contributed by atoms with van der Waals surface area (Å²) in [6.45, 7) is 0.342. The molecule has 44 heavy (non-hydrogen) atoms. The van der Waals surface area contributed by atoms with Crippen LogP contribution in [0.15, 0.2) is 76.6 Å². The first-order valence-electron chi connectivity index (χ1n) is 13.7. The molecule has 0 spiro atoms. The van der Waals surface area contributed by atoms with Crippen molar-refractivity contribution < 1.29 is 19.0 Å². The molecule has 13 nitrogen and oxygen atoms in total. The minimum Gasteiger partial charge on any atom is -0.387 e. The first-order chi connectivity index (χ1) is 21.2. The lowest BCUT2D eigenvalue weighted by Gasteiger charge is -2.05. The standard InChI is InChI=1S/C31H31N9O4/c1-33-28(32)12-13-34-30(42)26-15-23(18-39(26)2)36-31(43)27-16-22(17-40(27)3)35-29(41)21-9-6-19(7-10-21)4-5-20-8-11-24-25(14-20)38-44-37-24/h4-11,14-18H,12-13H2,1-3H3,(H2,32,33)(H,34,42)(H,35,41)(H,36,43)/b5-4+. The van der Waals surface area contributed by atoms with Gasteiger partial charge in [0.2, 0.25) is 0 Å². The van der Waals surface area contributed by atoms with Crippen molar-refractivity contribution in [3.05, 3.63) is 95.1 Å². The molecular weight excluding hydrogens is 562 g/mol. The van der Waals surface area contributed by atoms with Gasteiger partial charge in [-0.25, -0.2) is 4.63 Å². The van der Waals surface area contributed by atoms with E-state index in [1.54, 1.807) is 66.9 Å². The lowest BCUT2D eigenvalue weighted by molar-refractivity contribution is 0.0945. The van der Waals surface area contributed by atoms with Crippen LogP contribution in [-0.4, -0.2) is 56.6 Å². The molecule has 3 heterocycles. The van der Waals surface area contributed by atoms with Crippen molar-refractivity contribution >= 4 is 58.1 Å². The normalized spacial score (nSPS) is 11.7. The van der Waals surface area contributed by atoms with Crippen LogP contribution in [0.2, 0.25) is 0 Å². The molecular formula is C31H31N9O4. The highest BCUT2D eigenvalue weighted by atomic mass is 16.6. The summed E-state index contributed by atoms with van der Waals surface area (Å²) in [5.74, 6) is -0.560. The van der Waals surface area contributed by atoms with E-state index < -0.39 is 5.91 Å². The highest BCUT2D eigenvalue weighted by Crippen LogP contribution is 2.19. The van der Waals surface area contributed by atoms with Crippen molar-refractivity contribution in [2.45, 2.75) is 6.42 Å². The average Bonchev–Trinajstić information content (AvgIpc) is 3.73. The predicted molar refractivity (Wildman–Crippen MR) is 168 cm³/mol. The van der Waals surface area contributed by atoms with Gasteiger partial charge < -0.3 is 30.8 Å². The molecule has 0 aliphatic heterocycles. The summed E-state index contributed by atoms with van der Waals surface area (Å²) in [5, 5.41) is 16.1. The largest absolute Gasteiger partial charge is 0.387 e. The SMILES string of the molecule is CN=C(N)CCNC(=O)c1cc(NC(=O)c2cc(NC(=O)c3ccc(/C=C/c4ccc5nonc5c4)cc3)cn2C)cn1C. The summed E-state index contributed by atoms with van der Waals surface area (Å²) < 4.78 is 7.97. The van der Waals surface area contributed by atoms with Crippen LogP contribution in [0.1, 0.15) is 48.9 Å². The number of carbonyl (C=O) groups is 3. The lowest BCUT2D eigenvalue weighted by Crippen LogP contribution is -2.29. The second kappa shape index (κ2) is 12.9. The molecule has 0 fully saturated rings. The van der Waals surface area contributed by atoms with E-state index in [4.69, 9.17) is 10.4 Å². The molecule has 0 unspecified atom stereocenters. The van der Waals surface area contributed by atoms with Crippen LogP contribution in [0.25, 0.3) is 23.2 Å². The Bertz CT molecular complexity index is 1890. The number of hydrogen-bond acceptors (Lipinski definition) is 7. The van der Waals surface area contributed by atoms with Gasteiger partial charge in [0.25, 0.3) is 17.7 Å². The van der Waals surface area contributed by atoms with Crippen molar-refractivity contribution in [3.63, 3.8) is 0 Å². The smallest absolute Gasteiger partial charge is 0.272 e. The summed E-state index contributed by atoms with van der Waals surface area (Å²) in [6.07, 6.45) is 7.60. The van der Waals surface area contributed by atoms with E-state index in [1.165, 1.54) is 0 Å². The number of carbonyl (C=O) groups excluding carboxylic acids is 3. The second-order valence-corrected chi connectivity index (χ2v) is 10.0. The molecule has 0 saturated carbocycles. The number of amides is 3. The number of aryl methyl sites for hydroxylation is 2. The topological polar surface area (TPSA) is 174 Å². The van der Waals surface area contributed by atoms with Crippen molar-refractivity contribution in [2.75, 3.05) is 24.2 Å². The third-order valence-corrected chi connectivity index (χ3v) is 6.86. The number of fused-ring (bicyclic) bond motifs is 1. The zero-order chi connectivity index (χ0) is 31.2. The van der Waals surface area contributed by atoms with Crippen LogP contribution in [0.3, 0.4) is 0 Å². The Balaban J connectivity index is 1.17. The van der Waals surface area contributed by atoms with E-state index >= 15 is 0 Å². The molecule has 5 N–H and O–H groups in total. The summed E-state index contributed by atoms with van der Waals surface area (Å²) in [5.41, 5.74) is 11.0. The van der Waals surface area contributed by atoms with Crippen LogP contribution in [0, 0.1) is 0 Å². The quantitative estimate of drug-likeness (QED) is 0.109. The molecule has 5 aromatic rings. The second-order valence-electron chi connectivity index (χ2n) is 10.0. The number of anilines is 2. The fraction of sp³-hybridized carbons (Fsp3) is 0.161. The van der Waals surface area contributed by atoms with Gasteiger partial charge in [-0.15, -0.1) is 0 Å². The Morgan fingerprint density at radius 3 is 2.09 bits per heavy atom. The van der Waals surface area contributed by atoms with Gasteiger partial charge in [0.05, 0.1) is 17.2 Å². The molecule has 0 aliphatic rings. The third kappa shape index (κ3) is 6.90. The Labute approximate surface area is 252 Å². The highest BCUT2D eigenvalue weighted by molar-refractivity contribution is 6.07. The first-order valence-corrected chi connectivity index (χ1v) is 13.7. The Kier molecular flexibility index (Phi) is 8.65. The predicted octanol–water partition coefficient (Wildman–Crippen LogP) is 3.68. The monoisotopic (exact) mass is 593 g/mol. The molecule has 5 rings (SSSR count). The molecule has 3 amide bonds. The first kappa shape index (κ1) is 29.5. The number of nitrogens with one attached hydrogen (secondary N) is 3. The fourth-order valence-corrected chi connectivity index (χ4v) is 4.46. The maximum atomic E-state index is 13.0. The highest BCUT2D eigenvalue weighted by Gasteiger charge is 2.17. The Morgan fingerprint density at radius 2 is 1.41 bits per heavy atom. The number of nitrogens with zero attached hydrogens (tertiary/aromatic N) is 5. The Morgan fingerprint density at radius 1 is 0.818 bits per heavy atom. The maximum absolute atomic E-state index is 13.0. The molecule has 224 valence electrons. The van der Waals surface area contributed by atoms with Crippen molar-refractivity contribution in [1.29, 1.82) is 0 Å². The van der Waals surface area contributed by atoms with Crippen LogP contribution >= 0.6 is 0 Å². The summed E-state index contributed by atoms with van der Waals surface area (Å²) >= 11 is 0. The number of aromatic nitrogens is 4. The van der Waals surface area contributed by atoms with E-state index in [1.807, 2.05) is 42.5 Å². The van der Waals surface area contributed by atoms with Gasteiger partial charge >= 0.3 is 0 Å². The lowest BCUT2D eigenvalue weighted by atomic mass is 10.1. The van der Waals surface area contributed by atoms with Gasteiger partial charge in [-0.05, 0) is 57.8 Å². The van der Waals surface area contributed by atoms with E-state index in [0.717, 1.165) is 11.1 Å². The van der Waals surface area contributed by atoms with Crippen molar-refractivity contribution in [2.24, 2.45) is 24.8 Å². The number of aliphatic imine (C=N–C) groups is 1. The van der Waals surface area contributed by atoms with Crippen LogP contribution in [-0.2, 0) is 14.1 Å². The number of amidine groups is 1. The van der Waals surface area contributed by atoms with Crippen LogP contribution in [0.4, 0.5) is 11.4 Å². The van der Waals surface area contributed by atoms with Gasteiger partial charge in [0.1, 0.15) is 22.4 Å². The van der Waals surface area contributed by atoms with E-state index in [-0.39, 0.29) is 11.8 Å². The number of rotatable bonds is 10. The van der Waals surface area contributed by atoms with Gasteiger partial charge in [0, 0.05) is 52.1 Å². The Hall–Kier alpha value is -5.98. The van der Waals surface area contributed by atoms with E-state index in [2.05, 4.69) is 31.3 Å². The maximum Gasteiger partial charge on any atom is 0.272 e. The van der Waals surface area contributed by atoms with Crippen LogP contribution < -0.4 is 21.7 Å². The van der Waals surface area contributed by atoms with Gasteiger partial charge in [-0.1, -0.05) is 30.4 Å². The molecule has 0 aliphatic carbocycles. The van der Waals surface area contributed by atoms with E-state index in [9.17, 15) is 14.4 Å². The molecule has 3 aromatic heterocycles. The minimum atomic E-state index is -0.396. The number of hydrogen-bond donors (Lipinski definition) is 4. The molecule has 0 atom stereocenters. The third-order valence-electron chi connectivity index (χ3n) is 6.86. The molecule has 0 bridgehead atoms. The zero-order valence-electron chi connectivity index (χ0n) is 24.4. The molecule has 2 aromatic carbocycles. The van der Waals surface area contributed by atoms with Gasteiger partial charge in [-0.2, -0.15) is 0 Å². The average molecular weight is 594 g/mol. The number of benzene rings is 2. The number of nitrogens with two attached hydrogens (primary N) is 1. The van der Waals surface area contributed by atoms with E-state index in [0.29, 0.717) is 58.2 Å². The minimum absolute atomic E-state index is 0.299. The van der Waals surface area contributed by atoms with Gasteiger partial charge in [-0.3, -0.25) is 19.4 Å². The molecule has 13 heteroatoms. The van der Waals surface area contributed by atoms with Crippen LogP contribution in [0.5, 0.6) is 0 Å². The van der Waals surface area contributed by atoms with Gasteiger partial charge in [0.15, 0.2) is 0 Å². The fourth-order valence-electron chi connectivity index (χ4n) is 4.46. The summed E-state index contributed by atoms with van der Waals surface area (Å²) in [6, 6.07) is 15.9. The summed E-state index contributed by atoms with van der Waals surface area (Å²) in [4.78, 5) is 42.3. The summed E-state index contributed by atoms with van der Waals surface area (Å²) in [7, 11) is 5.01. The zero-order valence-corrected chi connectivity index (χ0v) is 24.4. The molecule has 0 saturated heterocycles. The van der Waals surface area contributed by atoms with Crippen molar-refractivity contribution in [3.8, 4) is 0 Å².